The van der Waals surface area contributed by atoms with E-state index in [4.69, 9.17) is 5.73 Å². The topological polar surface area (TPSA) is 110 Å². The molecule has 2 heterocycles. The van der Waals surface area contributed by atoms with Crippen LogP contribution in [0.5, 0.6) is 0 Å². The molecular formula is C16H11N6O. The van der Waals surface area contributed by atoms with Crippen LogP contribution in [0.3, 0.4) is 0 Å². The van der Waals surface area contributed by atoms with Gasteiger partial charge in [0.05, 0.1) is 17.2 Å². The first-order valence-corrected chi connectivity index (χ1v) is 6.88. The van der Waals surface area contributed by atoms with Crippen LogP contribution >= 0.6 is 0 Å². The van der Waals surface area contributed by atoms with E-state index in [1.807, 2.05) is 18.2 Å². The van der Waals surface area contributed by atoms with Crippen LogP contribution in [-0.4, -0.2) is 26.1 Å². The van der Waals surface area contributed by atoms with Crippen LogP contribution in [0.1, 0.15) is 10.6 Å². The molecule has 111 valence electrons. The number of anilines is 2. The van der Waals surface area contributed by atoms with E-state index < -0.39 is 5.91 Å². The zero-order valence-electron chi connectivity index (χ0n) is 11.9. The molecular weight excluding hydrogens is 292 g/mol. The Morgan fingerprint density at radius 3 is 3.04 bits per heavy atom. The predicted molar refractivity (Wildman–Crippen MR) is 86.3 cm³/mol. The molecule has 4 aromatic rings. The Hall–Kier alpha value is -3.48. The van der Waals surface area contributed by atoms with Gasteiger partial charge < -0.3 is 11.1 Å². The second-order valence-corrected chi connectivity index (χ2v) is 5.00. The highest BCUT2D eigenvalue weighted by atomic mass is 16.1. The summed E-state index contributed by atoms with van der Waals surface area (Å²) in [4.78, 5) is 19.8. The zero-order valence-corrected chi connectivity index (χ0v) is 11.9. The highest BCUT2D eigenvalue weighted by Crippen LogP contribution is 2.25. The standard InChI is InChI=1S/C16H11N6O/c17-14(23)16-20-12-4-2-1-3-11(12)15(21-16)19-10-6-5-9-8-18-22-13(9)7-10/h2-8H,(H2,17,23)(H,18,22)(H,19,20,21). The minimum atomic E-state index is -0.674. The molecule has 0 spiro atoms. The van der Waals surface area contributed by atoms with Gasteiger partial charge in [-0.1, -0.05) is 6.07 Å². The predicted octanol–water partition coefficient (Wildman–Crippen LogP) is 2.15. The molecule has 0 bridgehead atoms. The molecule has 7 heteroatoms. The molecule has 0 saturated carbocycles. The van der Waals surface area contributed by atoms with Crippen molar-refractivity contribution in [2.45, 2.75) is 0 Å². The summed E-state index contributed by atoms with van der Waals surface area (Å²) in [5.74, 6) is -0.208. The second kappa shape index (κ2) is 5.06. The van der Waals surface area contributed by atoms with Gasteiger partial charge in [0.1, 0.15) is 5.82 Å². The fraction of sp³-hybridized carbons (Fsp3) is 0. The molecule has 1 radical (unpaired) electrons. The molecule has 4 N–H and O–H groups in total. The smallest absolute Gasteiger partial charge is 0.286 e. The quantitative estimate of drug-likeness (QED) is 0.537. The van der Waals surface area contributed by atoms with Crippen LogP contribution in [0.15, 0.2) is 42.6 Å². The number of carbonyl (C=O) groups is 1. The number of carbonyl (C=O) groups excluding carboxylic acids is 1. The molecule has 0 atom stereocenters. The average molecular weight is 303 g/mol. The van der Waals surface area contributed by atoms with E-state index in [2.05, 4.69) is 31.5 Å². The van der Waals surface area contributed by atoms with Crippen LogP contribution in [0, 0.1) is 6.07 Å². The van der Waals surface area contributed by atoms with Crippen molar-refractivity contribution in [3.8, 4) is 0 Å². The maximum Gasteiger partial charge on any atom is 0.286 e. The largest absolute Gasteiger partial charge is 0.363 e. The van der Waals surface area contributed by atoms with Gasteiger partial charge in [0.25, 0.3) is 5.91 Å². The van der Waals surface area contributed by atoms with Crippen molar-refractivity contribution in [3.63, 3.8) is 0 Å². The van der Waals surface area contributed by atoms with Crippen molar-refractivity contribution in [2.24, 2.45) is 5.73 Å². The summed E-state index contributed by atoms with van der Waals surface area (Å²) < 4.78 is 0. The lowest BCUT2D eigenvalue weighted by atomic mass is 10.2. The molecule has 23 heavy (non-hydrogen) atoms. The van der Waals surface area contributed by atoms with Gasteiger partial charge in [0.15, 0.2) is 0 Å². The van der Waals surface area contributed by atoms with Gasteiger partial charge in [0, 0.05) is 16.5 Å². The number of hydrogen-bond acceptors (Lipinski definition) is 5. The fourth-order valence-corrected chi connectivity index (χ4v) is 2.37. The van der Waals surface area contributed by atoms with Crippen LogP contribution in [0.2, 0.25) is 0 Å². The van der Waals surface area contributed by atoms with E-state index in [-0.39, 0.29) is 5.82 Å². The first-order chi connectivity index (χ1) is 11.2. The van der Waals surface area contributed by atoms with Crippen LogP contribution in [0.4, 0.5) is 11.5 Å². The Bertz CT molecular complexity index is 1040. The van der Waals surface area contributed by atoms with Gasteiger partial charge >= 0.3 is 0 Å². The first kappa shape index (κ1) is 13.2. The van der Waals surface area contributed by atoms with Crippen molar-refractivity contribution in [1.29, 1.82) is 0 Å². The molecule has 0 saturated heterocycles. The molecule has 0 aliphatic carbocycles. The number of fused-ring (bicyclic) bond motifs is 2. The Kier molecular flexibility index (Phi) is 2.90. The second-order valence-electron chi connectivity index (χ2n) is 5.00. The van der Waals surface area contributed by atoms with E-state index in [1.54, 1.807) is 24.4 Å². The number of primary amides is 1. The number of nitrogens with one attached hydrogen (secondary N) is 2. The third-order valence-electron chi connectivity index (χ3n) is 3.47. The van der Waals surface area contributed by atoms with Crippen molar-refractivity contribution in [3.05, 3.63) is 54.5 Å². The minimum Gasteiger partial charge on any atom is -0.363 e. The van der Waals surface area contributed by atoms with Crippen LogP contribution in [-0.2, 0) is 0 Å². The number of rotatable bonds is 3. The Morgan fingerprint density at radius 2 is 2.17 bits per heavy atom. The summed E-state index contributed by atoms with van der Waals surface area (Å²) in [5, 5.41) is 11.9. The summed E-state index contributed by atoms with van der Waals surface area (Å²) in [6, 6.07) is 14.0. The van der Waals surface area contributed by atoms with Gasteiger partial charge in [-0.2, -0.15) is 5.10 Å². The zero-order chi connectivity index (χ0) is 15.8. The van der Waals surface area contributed by atoms with Gasteiger partial charge in [-0.15, -0.1) is 0 Å². The highest BCUT2D eigenvalue weighted by molar-refractivity contribution is 5.96. The lowest BCUT2D eigenvalue weighted by Crippen LogP contribution is -2.16. The number of hydrogen-bond donors (Lipinski definition) is 3. The average Bonchev–Trinajstić information content (AvgIpc) is 3.02. The normalized spacial score (nSPS) is 11.0. The van der Waals surface area contributed by atoms with E-state index in [1.165, 1.54) is 0 Å². The molecule has 2 aromatic carbocycles. The molecule has 0 fully saturated rings. The van der Waals surface area contributed by atoms with Crippen LogP contribution < -0.4 is 11.1 Å². The van der Waals surface area contributed by atoms with Crippen molar-refractivity contribution < 1.29 is 4.79 Å². The number of H-pyrrole nitrogens is 1. The van der Waals surface area contributed by atoms with E-state index in [0.29, 0.717) is 11.3 Å². The minimum absolute atomic E-state index is 0.0335. The van der Waals surface area contributed by atoms with E-state index >= 15 is 0 Å². The molecule has 0 aliphatic rings. The SMILES string of the molecule is NC(=O)c1nc(Nc2ccc3cn[nH]c3c2)c2c[c]ccc2n1. The summed E-state index contributed by atoms with van der Waals surface area (Å²) in [7, 11) is 0. The monoisotopic (exact) mass is 303 g/mol. The molecule has 4 rings (SSSR count). The molecule has 7 nitrogen and oxygen atoms in total. The Morgan fingerprint density at radius 1 is 1.26 bits per heavy atom. The highest BCUT2D eigenvalue weighted by Gasteiger charge is 2.11. The third kappa shape index (κ3) is 2.34. The van der Waals surface area contributed by atoms with Crippen molar-refractivity contribution >= 4 is 39.2 Å². The van der Waals surface area contributed by atoms with Crippen molar-refractivity contribution in [1.82, 2.24) is 20.2 Å². The van der Waals surface area contributed by atoms with Gasteiger partial charge in [-0.25, -0.2) is 9.97 Å². The summed E-state index contributed by atoms with van der Waals surface area (Å²) in [6.07, 6.45) is 1.75. The summed E-state index contributed by atoms with van der Waals surface area (Å²) in [6.45, 7) is 0. The lowest BCUT2D eigenvalue weighted by Gasteiger charge is -2.09. The molecule has 1 amide bonds. The van der Waals surface area contributed by atoms with Gasteiger partial charge in [-0.3, -0.25) is 9.89 Å². The maximum absolute atomic E-state index is 11.4. The van der Waals surface area contributed by atoms with E-state index in [9.17, 15) is 4.79 Å². The molecule has 0 unspecified atom stereocenters. The summed E-state index contributed by atoms with van der Waals surface area (Å²) in [5.41, 5.74) is 7.64. The molecule has 2 aromatic heterocycles. The lowest BCUT2D eigenvalue weighted by molar-refractivity contribution is 0.0991. The van der Waals surface area contributed by atoms with Gasteiger partial charge in [-0.05, 0) is 36.4 Å². The number of amides is 1. The van der Waals surface area contributed by atoms with Crippen LogP contribution in [0.25, 0.3) is 21.8 Å². The number of aromatic amines is 1. The molecule has 0 aliphatic heterocycles. The van der Waals surface area contributed by atoms with Crippen molar-refractivity contribution in [2.75, 3.05) is 5.32 Å². The number of benzene rings is 2. The summed E-state index contributed by atoms with van der Waals surface area (Å²) >= 11 is 0. The third-order valence-corrected chi connectivity index (χ3v) is 3.47. The maximum atomic E-state index is 11.4. The first-order valence-electron chi connectivity index (χ1n) is 6.88. The Labute approximate surface area is 130 Å². The number of nitrogens with zero attached hydrogens (tertiary/aromatic N) is 3. The van der Waals surface area contributed by atoms with E-state index in [0.717, 1.165) is 22.0 Å². The van der Waals surface area contributed by atoms with Gasteiger partial charge in [0.2, 0.25) is 5.82 Å². The number of aromatic nitrogens is 4. The number of nitrogens with two attached hydrogens (primary N) is 1. The fourth-order valence-electron chi connectivity index (χ4n) is 2.37. The Balaban J connectivity index is 1.84.